The Kier molecular flexibility index (Phi) is 4.74. The van der Waals surface area contributed by atoms with Crippen LogP contribution >= 0.6 is 11.8 Å². The van der Waals surface area contributed by atoms with Gasteiger partial charge < -0.3 is 5.32 Å². The van der Waals surface area contributed by atoms with Crippen LogP contribution in [-0.4, -0.2) is 32.1 Å². The van der Waals surface area contributed by atoms with E-state index in [4.69, 9.17) is 0 Å². The van der Waals surface area contributed by atoms with Crippen LogP contribution in [0.3, 0.4) is 0 Å². The van der Waals surface area contributed by atoms with E-state index < -0.39 is 0 Å². The molecule has 0 aliphatic carbocycles. The summed E-state index contributed by atoms with van der Waals surface area (Å²) in [4.78, 5) is 27.6. The summed E-state index contributed by atoms with van der Waals surface area (Å²) in [6.45, 7) is 5.07. The Morgan fingerprint density at radius 3 is 2.76 bits per heavy atom. The van der Waals surface area contributed by atoms with Crippen molar-refractivity contribution in [1.29, 1.82) is 0 Å². The Balaban J connectivity index is 2.00. The van der Waals surface area contributed by atoms with Gasteiger partial charge in [0.15, 0.2) is 5.78 Å². The van der Waals surface area contributed by atoms with Gasteiger partial charge in [0.1, 0.15) is 5.82 Å². The Labute approximate surface area is 126 Å². The number of nitrogens with one attached hydrogen (secondary N) is 2. The normalized spacial score (nSPS) is 12.0. The van der Waals surface area contributed by atoms with Crippen molar-refractivity contribution in [2.75, 3.05) is 5.32 Å². The van der Waals surface area contributed by atoms with Crippen LogP contribution in [0.4, 0.5) is 5.69 Å². The summed E-state index contributed by atoms with van der Waals surface area (Å²) in [5.41, 5.74) is 1.17. The number of nitrogens with zero attached hydrogens (tertiary/aromatic N) is 2. The number of benzene rings is 1. The molecule has 2 aromatic rings. The van der Waals surface area contributed by atoms with Crippen LogP contribution in [0.5, 0.6) is 0 Å². The van der Waals surface area contributed by atoms with E-state index in [9.17, 15) is 9.59 Å². The highest BCUT2D eigenvalue weighted by atomic mass is 32.2. The molecule has 1 aromatic carbocycles. The number of carbonyl (C=O) groups is 2. The van der Waals surface area contributed by atoms with Crippen molar-refractivity contribution in [2.24, 2.45) is 0 Å². The van der Waals surface area contributed by atoms with Crippen LogP contribution in [0, 0.1) is 6.92 Å². The Morgan fingerprint density at radius 2 is 2.14 bits per heavy atom. The molecule has 7 heteroatoms. The van der Waals surface area contributed by atoms with Crippen LogP contribution in [0.2, 0.25) is 0 Å². The second-order valence-electron chi connectivity index (χ2n) is 4.59. The van der Waals surface area contributed by atoms with Gasteiger partial charge in [-0.1, -0.05) is 23.9 Å². The van der Waals surface area contributed by atoms with E-state index in [-0.39, 0.29) is 16.9 Å². The third-order valence-corrected chi connectivity index (χ3v) is 3.73. The molecule has 1 atom stereocenters. The molecule has 0 aliphatic heterocycles. The summed E-state index contributed by atoms with van der Waals surface area (Å²) in [6, 6.07) is 6.86. The molecule has 0 aliphatic rings. The summed E-state index contributed by atoms with van der Waals surface area (Å²) in [6.07, 6.45) is 0. The monoisotopic (exact) mass is 304 g/mol. The fraction of sp³-hybridized carbons (Fsp3) is 0.286. The number of anilines is 1. The van der Waals surface area contributed by atoms with Crippen LogP contribution < -0.4 is 5.32 Å². The first-order chi connectivity index (χ1) is 9.95. The number of Topliss-reactive ketones (excluding diaryl/α,β-unsaturated/α-hetero) is 1. The number of H-pyrrole nitrogens is 1. The summed E-state index contributed by atoms with van der Waals surface area (Å²) in [5, 5.41) is 9.69. The number of aromatic amines is 1. The fourth-order valence-electron chi connectivity index (χ4n) is 1.65. The van der Waals surface area contributed by atoms with Crippen molar-refractivity contribution in [3.63, 3.8) is 0 Å². The zero-order valence-electron chi connectivity index (χ0n) is 12.0. The number of hydrogen-bond donors (Lipinski definition) is 2. The predicted octanol–water partition coefficient (Wildman–Crippen LogP) is 2.44. The molecule has 1 unspecified atom stereocenters. The maximum Gasteiger partial charge on any atom is 0.237 e. The number of hydrogen-bond acceptors (Lipinski definition) is 5. The molecule has 6 nitrogen and oxygen atoms in total. The SMILES string of the molecule is CC(=O)c1cccc(NC(=O)C(C)Sc2n[nH]c(C)n2)c1. The molecule has 0 saturated heterocycles. The van der Waals surface area contributed by atoms with Gasteiger partial charge in [-0.05, 0) is 32.9 Å². The van der Waals surface area contributed by atoms with Crippen molar-refractivity contribution in [2.45, 2.75) is 31.2 Å². The Hall–Kier alpha value is -2.15. The van der Waals surface area contributed by atoms with Gasteiger partial charge in [0.2, 0.25) is 11.1 Å². The third-order valence-electron chi connectivity index (χ3n) is 2.76. The number of aromatic nitrogens is 3. The van der Waals surface area contributed by atoms with Crippen LogP contribution in [0.1, 0.15) is 30.0 Å². The number of rotatable bonds is 5. The molecule has 2 N–H and O–H groups in total. The zero-order chi connectivity index (χ0) is 15.4. The van der Waals surface area contributed by atoms with Crippen LogP contribution in [0.25, 0.3) is 0 Å². The van der Waals surface area contributed by atoms with E-state index in [1.807, 2.05) is 0 Å². The minimum Gasteiger partial charge on any atom is -0.325 e. The number of aryl methyl sites for hydroxylation is 1. The highest BCUT2D eigenvalue weighted by Crippen LogP contribution is 2.20. The first kappa shape index (κ1) is 15.2. The highest BCUT2D eigenvalue weighted by molar-refractivity contribution is 8.00. The van der Waals surface area contributed by atoms with Gasteiger partial charge in [0, 0.05) is 11.3 Å². The number of ketones is 1. The molecule has 0 fully saturated rings. The predicted molar refractivity (Wildman–Crippen MR) is 81.5 cm³/mol. The second-order valence-corrected chi connectivity index (χ2v) is 5.90. The molecule has 21 heavy (non-hydrogen) atoms. The zero-order valence-corrected chi connectivity index (χ0v) is 12.8. The third kappa shape index (κ3) is 4.16. The van der Waals surface area contributed by atoms with E-state index in [1.54, 1.807) is 38.1 Å². The van der Waals surface area contributed by atoms with Crippen LogP contribution in [0.15, 0.2) is 29.4 Å². The van der Waals surface area contributed by atoms with E-state index in [0.29, 0.717) is 22.2 Å². The molecule has 0 saturated carbocycles. The lowest BCUT2D eigenvalue weighted by atomic mass is 10.1. The second kappa shape index (κ2) is 6.53. The minimum atomic E-state index is -0.346. The minimum absolute atomic E-state index is 0.0373. The Bertz CT molecular complexity index is 668. The van der Waals surface area contributed by atoms with E-state index in [0.717, 1.165) is 0 Å². The molecule has 2 rings (SSSR count). The van der Waals surface area contributed by atoms with E-state index in [1.165, 1.54) is 18.7 Å². The molecular weight excluding hydrogens is 288 g/mol. The quantitative estimate of drug-likeness (QED) is 0.654. The summed E-state index contributed by atoms with van der Waals surface area (Å²) < 4.78 is 0. The molecular formula is C14H16N4O2S. The summed E-state index contributed by atoms with van der Waals surface area (Å²) in [5.74, 6) is 0.507. The smallest absolute Gasteiger partial charge is 0.237 e. The van der Waals surface area contributed by atoms with Crippen molar-refractivity contribution >= 4 is 29.1 Å². The van der Waals surface area contributed by atoms with Gasteiger partial charge in [-0.3, -0.25) is 14.7 Å². The van der Waals surface area contributed by atoms with Gasteiger partial charge in [0.25, 0.3) is 0 Å². The first-order valence-corrected chi connectivity index (χ1v) is 7.31. The average molecular weight is 304 g/mol. The maximum atomic E-state index is 12.1. The van der Waals surface area contributed by atoms with E-state index in [2.05, 4.69) is 20.5 Å². The Morgan fingerprint density at radius 1 is 1.38 bits per heavy atom. The topological polar surface area (TPSA) is 87.7 Å². The van der Waals surface area contributed by atoms with Gasteiger partial charge in [-0.2, -0.15) is 0 Å². The van der Waals surface area contributed by atoms with Crippen molar-refractivity contribution in [3.8, 4) is 0 Å². The molecule has 1 heterocycles. The maximum absolute atomic E-state index is 12.1. The molecule has 0 radical (unpaired) electrons. The molecule has 0 bridgehead atoms. The van der Waals surface area contributed by atoms with Crippen molar-refractivity contribution in [3.05, 3.63) is 35.7 Å². The van der Waals surface area contributed by atoms with Crippen molar-refractivity contribution in [1.82, 2.24) is 15.2 Å². The molecule has 1 amide bonds. The van der Waals surface area contributed by atoms with Gasteiger partial charge in [-0.25, -0.2) is 4.98 Å². The molecule has 110 valence electrons. The lowest BCUT2D eigenvalue weighted by molar-refractivity contribution is -0.115. The highest BCUT2D eigenvalue weighted by Gasteiger charge is 2.17. The summed E-state index contributed by atoms with van der Waals surface area (Å²) >= 11 is 1.27. The van der Waals surface area contributed by atoms with E-state index >= 15 is 0 Å². The fourth-order valence-corrected chi connectivity index (χ4v) is 2.42. The average Bonchev–Trinajstić information content (AvgIpc) is 2.84. The largest absolute Gasteiger partial charge is 0.325 e. The first-order valence-electron chi connectivity index (χ1n) is 6.43. The van der Waals surface area contributed by atoms with Crippen LogP contribution in [-0.2, 0) is 4.79 Å². The molecule has 1 aromatic heterocycles. The van der Waals surface area contributed by atoms with Gasteiger partial charge in [-0.15, -0.1) is 5.10 Å². The molecule has 0 spiro atoms. The number of thioether (sulfide) groups is 1. The standard InChI is InChI=1S/C14H16N4O2S/c1-8(19)11-5-4-6-12(7-11)16-13(20)9(2)21-14-15-10(3)17-18-14/h4-7,9H,1-3H3,(H,16,20)(H,15,17,18). The lowest BCUT2D eigenvalue weighted by Gasteiger charge is -2.10. The van der Waals surface area contributed by atoms with Gasteiger partial charge >= 0.3 is 0 Å². The lowest BCUT2D eigenvalue weighted by Crippen LogP contribution is -2.22. The van der Waals surface area contributed by atoms with Crippen molar-refractivity contribution < 1.29 is 9.59 Å². The van der Waals surface area contributed by atoms with Gasteiger partial charge in [0.05, 0.1) is 5.25 Å². The number of carbonyl (C=O) groups excluding carboxylic acids is 2. The summed E-state index contributed by atoms with van der Waals surface area (Å²) in [7, 11) is 0. The number of amides is 1.